The zero-order valence-corrected chi connectivity index (χ0v) is 15.9. The molecule has 27 heavy (non-hydrogen) atoms. The fourth-order valence-corrected chi connectivity index (χ4v) is 4.46. The number of carbonyl (C=O) groups excluding carboxylic acids is 2. The summed E-state index contributed by atoms with van der Waals surface area (Å²) in [5, 5.41) is 0. The lowest BCUT2D eigenvalue weighted by molar-refractivity contribution is -0.145. The van der Waals surface area contributed by atoms with Crippen molar-refractivity contribution in [2.75, 3.05) is 26.2 Å². The van der Waals surface area contributed by atoms with E-state index in [4.69, 9.17) is 0 Å². The maximum Gasteiger partial charge on any atom is 0.331 e. The first-order chi connectivity index (χ1) is 12.8. The number of likely N-dealkylation sites (tertiary alicyclic amines) is 2. The lowest BCUT2D eigenvalue weighted by Gasteiger charge is -2.39. The average Bonchev–Trinajstić information content (AvgIpc) is 3.37. The van der Waals surface area contributed by atoms with E-state index in [0.29, 0.717) is 25.4 Å². The number of aromatic nitrogens is 2. The molecule has 1 aliphatic carbocycles. The third kappa shape index (κ3) is 3.00. The van der Waals surface area contributed by atoms with Crippen LogP contribution in [0.3, 0.4) is 0 Å². The van der Waals surface area contributed by atoms with Crippen molar-refractivity contribution in [3.63, 3.8) is 0 Å². The van der Waals surface area contributed by atoms with Crippen LogP contribution in [0.25, 0.3) is 0 Å². The van der Waals surface area contributed by atoms with Gasteiger partial charge in [-0.2, -0.15) is 0 Å². The molecule has 3 heterocycles. The molecule has 1 spiro atoms. The second kappa shape index (κ2) is 6.35. The largest absolute Gasteiger partial charge is 0.342 e. The highest BCUT2D eigenvalue weighted by Crippen LogP contribution is 2.42. The predicted molar refractivity (Wildman–Crippen MR) is 98.4 cm³/mol. The molecule has 1 atom stereocenters. The molecule has 146 valence electrons. The highest BCUT2D eigenvalue weighted by Gasteiger charge is 2.50. The highest BCUT2D eigenvalue weighted by atomic mass is 16.2. The normalized spacial score (nSPS) is 25.5. The Morgan fingerprint density at radius 2 is 1.85 bits per heavy atom. The molecule has 0 radical (unpaired) electrons. The van der Waals surface area contributed by atoms with Crippen LogP contribution in [0.5, 0.6) is 0 Å². The maximum absolute atomic E-state index is 13.1. The van der Waals surface area contributed by atoms with Crippen LogP contribution >= 0.6 is 0 Å². The molecular weight excluding hydrogens is 348 g/mol. The first-order valence-corrected chi connectivity index (χ1v) is 9.68. The van der Waals surface area contributed by atoms with E-state index < -0.39 is 16.7 Å². The van der Waals surface area contributed by atoms with E-state index in [1.54, 1.807) is 4.90 Å². The van der Waals surface area contributed by atoms with Gasteiger partial charge in [-0.25, -0.2) is 4.79 Å². The zero-order chi connectivity index (χ0) is 19.3. The number of piperidine rings is 1. The zero-order valence-electron chi connectivity index (χ0n) is 15.9. The van der Waals surface area contributed by atoms with Crippen molar-refractivity contribution in [1.29, 1.82) is 0 Å². The van der Waals surface area contributed by atoms with Gasteiger partial charge in [0.15, 0.2) is 0 Å². The Labute approximate surface area is 157 Å². The van der Waals surface area contributed by atoms with Crippen LogP contribution in [0, 0.1) is 11.3 Å². The first-order valence-electron chi connectivity index (χ1n) is 9.68. The van der Waals surface area contributed by atoms with Crippen LogP contribution < -0.4 is 11.2 Å². The number of carbonyl (C=O) groups is 2. The van der Waals surface area contributed by atoms with Crippen molar-refractivity contribution in [2.45, 2.75) is 32.1 Å². The first kappa shape index (κ1) is 18.0. The van der Waals surface area contributed by atoms with E-state index in [1.165, 1.54) is 37.6 Å². The van der Waals surface area contributed by atoms with Gasteiger partial charge in [-0.15, -0.1) is 0 Å². The maximum atomic E-state index is 13.1. The minimum Gasteiger partial charge on any atom is -0.342 e. The van der Waals surface area contributed by atoms with E-state index >= 15 is 0 Å². The Bertz CT molecular complexity index is 913. The van der Waals surface area contributed by atoms with Gasteiger partial charge in [0, 0.05) is 46.3 Å². The number of amides is 2. The van der Waals surface area contributed by atoms with Crippen molar-refractivity contribution in [1.82, 2.24) is 18.9 Å². The van der Waals surface area contributed by atoms with E-state index in [9.17, 15) is 19.2 Å². The minimum atomic E-state index is -0.524. The molecule has 3 aliphatic rings. The summed E-state index contributed by atoms with van der Waals surface area (Å²) in [6, 6.07) is 1.21. The Morgan fingerprint density at radius 3 is 2.56 bits per heavy atom. The summed E-state index contributed by atoms with van der Waals surface area (Å²) in [4.78, 5) is 53.8. The Kier molecular flexibility index (Phi) is 4.24. The molecule has 8 heteroatoms. The van der Waals surface area contributed by atoms with Crippen LogP contribution in [0.1, 0.15) is 42.6 Å². The Morgan fingerprint density at radius 1 is 1.11 bits per heavy atom. The lowest BCUT2D eigenvalue weighted by atomic mass is 9.78. The third-order valence-electron chi connectivity index (χ3n) is 6.39. The van der Waals surface area contributed by atoms with E-state index in [0.717, 1.165) is 30.5 Å². The van der Waals surface area contributed by atoms with Crippen molar-refractivity contribution < 1.29 is 9.59 Å². The monoisotopic (exact) mass is 374 g/mol. The summed E-state index contributed by atoms with van der Waals surface area (Å²) in [7, 11) is 2.88. The average molecular weight is 374 g/mol. The fourth-order valence-electron chi connectivity index (χ4n) is 4.46. The summed E-state index contributed by atoms with van der Waals surface area (Å²) >= 11 is 0. The quantitative estimate of drug-likeness (QED) is 0.742. The van der Waals surface area contributed by atoms with Gasteiger partial charge < -0.3 is 9.80 Å². The molecule has 0 N–H and O–H groups in total. The third-order valence-corrected chi connectivity index (χ3v) is 6.39. The minimum absolute atomic E-state index is 0.0817. The van der Waals surface area contributed by atoms with Gasteiger partial charge in [0.1, 0.15) is 5.69 Å². The number of nitrogens with zero attached hydrogens (tertiary/aromatic N) is 4. The summed E-state index contributed by atoms with van der Waals surface area (Å²) < 4.78 is 2.18. The highest BCUT2D eigenvalue weighted by molar-refractivity contribution is 5.94. The number of hydrogen-bond acceptors (Lipinski definition) is 4. The van der Waals surface area contributed by atoms with Crippen LogP contribution in [0.4, 0.5) is 0 Å². The Hall–Kier alpha value is -2.38. The molecule has 3 fully saturated rings. The lowest BCUT2D eigenvalue weighted by Crippen LogP contribution is -2.51. The van der Waals surface area contributed by atoms with Crippen molar-refractivity contribution in [2.24, 2.45) is 25.4 Å². The number of hydrogen-bond donors (Lipinski definition) is 0. The van der Waals surface area contributed by atoms with Gasteiger partial charge in [0.25, 0.3) is 11.5 Å². The molecule has 2 amide bonds. The van der Waals surface area contributed by atoms with Crippen LogP contribution in [0.2, 0.25) is 0 Å². The van der Waals surface area contributed by atoms with Crippen molar-refractivity contribution in [3.05, 3.63) is 32.6 Å². The Balaban J connectivity index is 1.55. The summed E-state index contributed by atoms with van der Waals surface area (Å²) in [6.07, 6.45) is 4.82. The molecule has 4 rings (SSSR count). The summed E-state index contributed by atoms with van der Waals surface area (Å²) in [5.41, 5.74) is -1.44. The summed E-state index contributed by atoms with van der Waals surface area (Å²) in [5.74, 6) is 0.475. The topological polar surface area (TPSA) is 84.6 Å². The summed E-state index contributed by atoms with van der Waals surface area (Å²) in [6.45, 7) is 2.51. The predicted octanol–water partition coefficient (Wildman–Crippen LogP) is -0.0513. The molecule has 0 unspecified atom stereocenters. The number of rotatable bonds is 3. The molecule has 1 saturated carbocycles. The van der Waals surface area contributed by atoms with Gasteiger partial charge in [-0.3, -0.25) is 23.5 Å². The van der Waals surface area contributed by atoms with E-state index in [2.05, 4.69) is 0 Å². The second-order valence-electron chi connectivity index (χ2n) is 8.32. The fraction of sp³-hybridized carbons (Fsp3) is 0.684. The van der Waals surface area contributed by atoms with Gasteiger partial charge in [-0.1, -0.05) is 0 Å². The molecule has 1 aromatic heterocycles. The molecule has 8 nitrogen and oxygen atoms in total. The van der Waals surface area contributed by atoms with Gasteiger partial charge in [0.2, 0.25) is 5.91 Å². The molecule has 0 aromatic carbocycles. The SMILES string of the molecule is Cn1c(C(=O)N2CC[C@]3(CCCN(CC4CC4)C3=O)C2)cc(=O)n(C)c1=O. The molecule has 0 bridgehead atoms. The smallest absolute Gasteiger partial charge is 0.331 e. The van der Waals surface area contributed by atoms with E-state index in [-0.39, 0.29) is 17.5 Å². The molecule has 2 aliphatic heterocycles. The second-order valence-corrected chi connectivity index (χ2v) is 8.32. The van der Waals surface area contributed by atoms with Crippen LogP contribution in [0.15, 0.2) is 15.7 Å². The van der Waals surface area contributed by atoms with Crippen LogP contribution in [-0.4, -0.2) is 56.9 Å². The molecule has 1 aromatic rings. The van der Waals surface area contributed by atoms with Crippen molar-refractivity contribution >= 4 is 11.8 Å². The van der Waals surface area contributed by atoms with Gasteiger partial charge in [0.05, 0.1) is 5.41 Å². The molecule has 2 saturated heterocycles. The standard InChI is InChI=1S/C19H26N4O4/c1-20-14(10-15(24)21(2)18(20)27)16(25)23-9-7-19(12-23)6-3-8-22(17(19)26)11-13-4-5-13/h10,13H,3-9,11-12H2,1-2H3/t19-/m1/s1. The van der Waals surface area contributed by atoms with Crippen molar-refractivity contribution in [3.8, 4) is 0 Å². The van der Waals surface area contributed by atoms with Gasteiger partial charge >= 0.3 is 5.69 Å². The molecular formula is C19H26N4O4. The van der Waals surface area contributed by atoms with E-state index in [1.807, 2.05) is 4.90 Å². The van der Waals surface area contributed by atoms with Gasteiger partial charge in [-0.05, 0) is 38.0 Å². The van der Waals surface area contributed by atoms with Crippen LogP contribution in [-0.2, 0) is 18.9 Å².